The first kappa shape index (κ1) is 24.3. The molecule has 4 rings (SSSR count). The van der Waals surface area contributed by atoms with Crippen LogP contribution in [0.3, 0.4) is 0 Å². The number of carbonyl (C=O) groups excluding carboxylic acids is 1. The van der Waals surface area contributed by atoms with Crippen molar-refractivity contribution in [2.75, 3.05) is 12.8 Å². The van der Waals surface area contributed by atoms with Crippen molar-refractivity contribution in [2.24, 2.45) is 0 Å². The first-order valence-electron chi connectivity index (χ1n) is 10.4. The van der Waals surface area contributed by atoms with E-state index in [2.05, 4.69) is 20.0 Å². The topological polar surface area (TPSA) is 99.4 Å². The molecule has 0 aliphatic carbocycles. The average molecular weight is 503 g/mol. The second kappa shape index (κ2) is 9.41. The molecule has 4 aromatic rings. The number of aryl methyl sites for hydroxylation is 1. The lowest BCUT2D eigenvalue weighted by atomic mass is 10.0. The Morgan fingerprint density at radius 2 is 1.89 bits per heavy atom. The molecule has 0 bridgehead atoms. The molecule has 1 atom stereocenters. The van der Waals surface area contributed by atoms with E-state index in [9.17, 15) is 18.0 Å². The van der Waals surface area contributed by atoms with Crippen molar-refractivity contribution in [2.45, 2.75) is 26.3 Å². The summed E-state index contributed by atoms with van der Waals surface area (Å²) in [5.74, 6) is -0.855. The van der Waals surface area contributed by atoms with Gasteiger partial charge in [0, 0.05) is 16.8 Å². The minimum atomic E-state index is -4.86. The Kier molecular flexibility index (Phi) is 6.53. The SMILES string of the molecule is COc1nc(C)c(-c2ccc3nc(N)sc3c2)cc1C(=O)NC(C)c1ccccc1OC(F)(F)F. The second-order valence-corrected chi connectivity index (χ2v) is 8.76. The van der Waals surface area contributed by atoms with E-state index < -0.39 is 18.3 Å². The van der Waals surface area contributed by atoms with Crippen LogP contribution >= 0.6 is 11.3 Å². The minimum Gasteiger partial charge on any atom is -0.480 e. The van der Waals surface area contributed by atoms with Gasteiger partial charge in [0.15, 0.2) is 5.13 Å². The average Bonchev–Trinajstić information content (AvgIpc) is 3.17. The van der Waals surface area contributed by atoms with Crippen LogP contribution in [0.25, 0.3) is 21.3 Å². The lowest BCUT2D eigenvalue weighted by Gasteiger charge is -2.20. The number of benzene rings is 2. The highest BCUT2D eigenvalue weighted by Crippen LogP contribution is 2.34. The Balaban J connectivity index is 1.67. The van der Waals surface area contributed by atoms with Crippen LogP contribution in [0.2, 0.25) is 0 Å². The maximum absolute atomic E-state index is 13.2. The number of para-hydroxylation sites is 1. The molecule has 2 aromatic heterocycles. The zero-order valence-corrected chi connectivity index (χ0v) is 19.8. The van der Waals surface area contributed by atoms with Gasteiger partial charge in [-0.25, -0.2) is 9.97 Å². The predicted octanol–water partition coefficient (Wildman–Crippen LogP) is 5.65. The molecule has 7 nitrogen and oxygen atoms in total. The van der Waals surface area contributed by atoms with Gasteiger partial charge in [-0.3, -0.25) is 4.79 Å². The van der Waals surface area contributed by atoms with E-state index in [4.69, 9.17) is 10.5 Å². The molecule has 0 saturated heterocycles. The number of nitrogens with zero attached hydrogens (tertiary/aromatic N) is 2. The lowest BCUT2D eigenvalue weighted by molar-refractivity contribution is -0.275. The van der Waals surface area contributed by atoms with Crippen molar-refractivity contribution in [1.29, 1.82) is 0 Å². The Morgan fingerprint density at radius 1 is 1.14 bits per heavy atom. The Morgan fingerprint density at radius 3 is 2.60 bits per heavy atom. The van der Waals surface area contributed by atoms with Crippen LogP contribution in [-0.4, -0.2) is 29.3 Å². The van der Waals surface area contributed by atoms with Crippen molar-refractivity contribution in [1.82, 2.24) is 15.3 Å². The minimum absolute atomic E-state index is 0.0962. The van der Waals surface area contributed by atoms with E-state index in [1.54, 1.807) is 26.0 Å². The number of hydrogen-bond donors (Lipinski definition) is 2. The third kappa shape index (κ3) is 5.29. The van der Waals surface area contributed by atoms with Crippen LogP contribution < -0.4 is 20.5 Å². The normalized spacial score (nSPS) is 12.4. The summed E-state index contributed by atoms with van der Waals surface area (Å²) in [5, 5.41) is 3.16. The fourth-order valence-corrected chi connectivity index (χ4v) is 4.49. The molecule has 0 fully saturated rings. The molecule has 182 valence electrons. The van der Waals surface area contributed by atoms with Gasteiger partial charge in [0.1, 0.15) is 11.3 Å². The van der Waals surface area contributed by atoms with Crippen LogP contribution in [0.1, 0.15) is 34.6 Å². The molecule has 2 aromatic carbocycles. The predicted molar refractivity (Wildman–Crippen MR) is 128 cm³/mol. The number of nitrogens with one attached hydrogen (secondary N) is 1. The van der Waals surface area contributed by atoms with Crippen LogP contribution in [-0.2, 0) is 0 Å². The van der Waals surface area contributed by atoms with Crippen molar-refractivity contribution in [3.05, 3.63) is 65.4 Å². The number of methoxy groups -OCH3 is 1. The van der Waals surface area contributed by atoms with Gasteiger partial charge < -0.3 is 20.5 Å². The third-order valence-corrected chi connectivity index (χ3v) is 6.14. The molecule has 0 aliphatic rings. The van der Waals surface area contributed by atoms with Crippen molar-refractivity contribution >= 4 is 32.6 Å². The number of amides is 1. The number of fused-ring (bicyclic) bond motifs is 1. The van der Waals surface area contributed by atoms with Gasteiger partial charge in [-0.2, -0.15) is 0 Å². The molecule has 3 N–H and O–H groups in total. The highest BCUT2D eigenvalue weighted by Gasteiger charge is 2.33. The summed E-state index contributed by atoms with van der Waals surface area (Å²) in [7, 11) is 1.39. The summed E-state index contributed by atoms with van der Waals surface area (Å²) >= 11 is 1.35. The number of nitrogen functional groups attached to an aromatic ring is 1. The van der Waals surface area contributed by atoms with E-state index in [0.717, 1.165) is 15.8 Å². The van der Waals surface area contributed by atoms with Gasteiger partial charge in [0.05, 0.1) is 23.4 Å². The smallest absolute Gasteiger partial charge is 0.480 e. The number of thiazole rings is 1. The maximum Gasteiger partial charge on any atom is 0.573 e. The zero-order chi connectivity index (χ0) is 25.3. The first-order chi connectivity index (χ1) is 16.6. The molecular formula is C24H21F3N4O3S. The summed E-state index contributed by atoms with van der Waals surface area (Å²) in [6.45, 7) is 3.35. The quantitative estimate of drug-likeness (QED) is 0.354. The number of ether oxygens (including phenoxy) is 2. The highest BCUT2D eigenvalue weighted by atomic mass is 32.1. The van der Waals surface area contributed by atoms with Crippen LogP contribution in [0, 0.1) is 6.92 Å². The van der Waals surface area contributed by atoms with Gasteiger partial charge in [-0.05, 0) is 43.7 Å². The maximum atomic E-state index is 13.2. The standard InChI is InChI=1S/C24H21F3N4O3S/c1-12(15-6-4-5-7-19(15)34-24(25,26)27)29-21(32)17-11-16(13(2)30-22(17)33-3)14-8-9-18-20(10-14)35-23(28)31-18/h4-12H,1-3H3,(H2,28,31)(H,29,32). The molecule has 0 saturated carbocycles. The fraction of sp³-hybridized carbons (Fsp3) is 0.208. The molecule has 1 unspecified atom stereocenters. The van der Waals surface area contributed by atoms with Gasteiger partial charge in [0.2, 0.25) is 5.88 Å². The summed E-state index contributed by atoms with van der Waals surface area (Å²) in [6, 6.07) is 12.1. The molecular weight excluding hydrogens is 481 g/mol. The molecule has 2 heterocycles. The van der Waals surface area contributed by atoms with Gasteiger partial charge in [-0.15, -0.1) is 13.2 Å². The van der Waals surface area contributed by atoms with E-state index in [-0.39, 0.29) is 22.8 Å². The molecule has 0 radical (unpaired) electrons. The van der Waals surface area contributed by atoms with E-state index in [0.29, 0.717) is 16.4 Å². The van der Waals surface area contributed by atoms with Gasteiger partial charge >= 0.3 is 6.36 Å². The molecule has 11 heteroatoms. The number of nitrogens with two attached hydrogens (primary N) is 1. The van der Waals surface area contributed by atoms with E-state index in [1.165, 1.54) is 36.6 Å². The van der Waals surface area contributed by atoms with Crippen molar-refractivity contribution in [3.63, 3.8) is 0 Å². The van der Waals surface area contributed by atoms with Gasteiger partial charge in [-0.1, -0.05) is 35.6 Å². The molecule has 0 spiro atoms. The summed E-state index contributed by atoms with van der Waals surface area (Å²) in [6.07, 6.45) is -4.86. The van der Waals surface area contributed by atoms with E-state index in [1.807, 2.05) is 18.2 Å². The summed E-state index contributed by atoms with van der Waals surface area (Å²) < 4.78 is 48.7. The number of halogens is 3. The Bertz CT molecular complexity index is 1400. The van der Waals surface area contributed by atoms with Crippen molar-refractivity contribution < 1.29 is 27.4 Å². The Labute approximate surface area is 202 Å². The number of carbonyl (C=O) groups is 1. The summed E-state index contributed by atoms with van der Waals surface area (Å²) in [5.41, 5.74) is 9.01. The van der Waals surface area contributed by atoms with E-state index >= 15 is 0 Å². The molecule has 35 heavy (non-hydrogen) atoms. The lowest BCUT2D eigenvalue weighted by Crippen LogP contribution is -2.28. The third-order valence-electron chi connectivity index (χ3n) is 5.29. The molecule has 0 aliphatic heterocycles. The fourth-order valence-electron chi connectivity index (χ4n) is 3.71. The largest absolute Gasteiger partial charge is 0.573 e. The number of pyridine rings is 1. The number of aromatic nitrogens is 2. The number of rotatable bonds is 6. The van der Waals surface area contributed by atoms with Crippen LogP contribution in [0.5, 0.6) is 11.6 Å². The number of hydrogen-bond acceptors (Lipinski definition) is 7. The highest BCUT2D eigenvalue weighted by molar-refractivity contribution is 7.22. The monoisotopic (exact) mass is 502 g/mol. The first-order valence-corrected chi connectivity index (χ1v) is 11.2. The van der Waals surface area contributed by atoms with Crippen LogP contribution in [0.4, 0.5) is 18.3 Å². The number of alkyl halides is 3. The van der Waals surface area contributed by atoms with Crippen molar-refractivity contribution in [3.8, 4) is 22.8 Å². The number of anilines is 1. The zero-order valence-electron chi connectivity index (χ0n) is 18.9. The van der Waals surface area contributed by atoms with Crippen LogP contribution in [0.15, 0.2) is 48.5 Å². The summed E-state index contributed by atoms with van der Waals surface area (Å²) in [4.78, 5) is 21.9. The van der Waals surface area contributed by atoms with Gasteiger partial charge in [0.25, 0.3) is 5.91 Å². The second-order valence-electron chi connectivity index (χ2n) is 7.69. The Hall–Kier alpha value is -3.86. The molecule has 1 amide bonds.